The van der Waals surface area contributed by atoms with Gasteiger partial charge in [-0.3, -0.25) is 19.7 Å². The van der Waals surface area contributed by atoms with Gasteiger partial charge in [0, 0.05) is 19.7 Å². The van der Waals surface area contributed by atoms with E-state index in [-0.39, 0.29) is 17.9 Å². The number of aliphatic carboxylic acids is 1. The molecule has 0 aliphatic heterocycles. The largest absolute Gasteiger partial charge is 0.481 e. The number of nitrogens with zero attached hydrogens (tertiary/aromatic N) is 2. The molecule has 1 aliphatic rings. The van der Waals surface area contributed by atoms with Crippen LogP contribution in [0.25, 0.3) is 0 Å². The number of carbonyl (C=O) groups is 2. The van der Waals surface area contributed by atoms with E-state index in [1.54, 1.807) is 0 Å². The van der Waals surface area contributed by atoms with Crippen LogP contribution >= 0.6 is 0 Å². The molecule has 0 atom stereocenters. The van der Waals surface area contributed by atoms with Crippen LogP contribution in [0.4, 0.5) is 5.69 Å². The molecular weight excluding hydrogens is 254 g/mol. The van der Waals surface area contributed by atoms with Gasteiger partial charge in [0.25, 0.3) is 11.6 Å². The van der Waals surface area contributed by atoms with Gasteiger partial charge in [-0.15, -0.1) is 0 Å². The lowest BCUT2D eigenvalue weighted by atomic mass is 10.1. The first kappa shape index (κ1) is 13.1. The first-order chi connectivity index (χ1) is 8.85. The number of rotatable bonds is 5. The number of aromatic nitrogens is 1. The summed E-state index contributed by atoms with van der Waals surface area (Å²) < 4.78 is 1.34. The summed E-state index contributed by atoms with van der Waals surface area (Å²) >= 11 is 0. The maximum atomic E-state index is 11.9. The fraction of sp³-hybridized carbons (Fsp3) is 0.455. The van der Waals surface area contributed by atoms with Crippen LogP contribution in [-0.2, 0) is 11.8 Å². The van der Waals surface area contributed by atoms with Crippen molar-refractivity contribution in [3.8, 4) is 0 Å². The fourth-order valence-electron chi connectivity index (χ4n) is 1.83. The van der Waals surface area contributed by atoms with Gasteiger partial charge in [0.05, 0.1) is 16.5 Å². The minimum Gasteiger partial charge on any atom is -0.481 e. The molecule has 8 heteroatoms. The van der Waals surface area contributed by atoms with Crippen molar-refractivity contribution < 1.29 is 19.6 Å². The molecule has 0 saturated heterocycles. The average Bonchev–Trinajstić information content (AvgIpc) is 3.03. The highest BCUT2D eigenvalue weighted by Gasteiger charge is 2.50. The number of hydrogen-bond acceptors (Lipinski definition) is 4. The van der Waals surface area contributed by atoms with Crippen molar-refractivity contribution in [2.45, 2.75) is 12.8 Å². The van der Waals surface area contributed by atoms with Gasteiger partial charge in [-0.25, -0.2) is 0 Å². The summed E-state index contributed by atoms with van der Waals surface area (Å²) in [5.41, 5.74) is -0.896. The first-order valence-electron chi connectivity index (χ1n) is 5.68. The topological polar surface area (TPSA) is 114 Å². The molecule has 0 spiro atoms. The van der Waals surface area contributed by atoms with E-state index >= 15 is 0 Å². The molecule has 1 aromatic rings. The van der Waals surface area contributed by atoms with E-state index < -0.39 is 22.2 Å². The summed E-state index contributed by atoms with van der Waals surface area (Å²) in [4.78, 5) is 32.8. The summed E-state index contributed by atoms with van der Waals surface area (Å²) in [5, 5.41) is 22.1. The molecule has 0 unspecified atom stereocenters. The molecule has 1 heterocycles. The first-order valence-corrected chi connectivity index (χ1v) is 5.68. The van der Waals surface area contributed by atoms with E-state index in [2.05, 4.69) is 5.32 Å². The zero-order valence-electron chi connectivity index (χ0n) is 10.3. The number of amides is 1. The number of aryl methyl sites for hydroxylation is 1. The zero-order chi connectivity index (χ0) is 14.2. The molecule has 2 N–H and O–H groups in total. The molecule has 0 radical (unpaired) electrons. The van der Waals surface area contributed by atoms with E-state index in [9.17, 15) is 19.7 Å². The summed E-state index contributed by atoms with van der Waals surface area (Å²) in [6.45, 7) is 0.0418. The Morgan fingerprint density at radius 3 is 2.63 bits per heavy atom. The van der Waals surface area contributed by atoms with E-state index in [1.807, 2.05) is 0 Å². The van der Waals surface area contributed by atoms with Crippen LogP contribution in [0.15, 0.2) is 12.3 Å². The SMILES string of the molecule is Cn1cc([N+](=O)[O-])cc1C(=O)NCC1(C(=O)O)CC1. The van der Waals surface area contributed by atoms with Crippen molar-refractivity contribution in [3.63, 3.8) is 0 Å². The van der Waals surface area contributed by atoms with E-state index in [0.29, 0.717) is 12.8 Å². The summed E-state index contributed by atoms with van der Waals surface area (Å²) in [6.07, 6.45) is 2.31. The van der Waals surface area contributed by atoms with Gasteiger partial charge in [0.15, 0.2) is 0 Å². The molecule has 1 amide bonds. The van der Waals surface area contributed by atoms with E-state index in [4.69, 9.17) is 5.11 Å². The van der Waals surface area contributed by atoms with Crippen LogP contribution < -0.4 is 5.32 Å². The molecule has 2 rings (SSSR count). The highest BCUT2D eigenvalue weighted by atomic mass is 16.6. The summed E-state index contributed by atoms with van der Waals surface area (Å²) in [6, 6.07) is 1.16. The average molecular weight is 267 g/mol. The Hall–Kier alpha value is -2.38. The smallest absolute Gasteiger partial charge is 0.311 e. The second kappa shape index (κ2) is 4.38. The van der Waals surface area contributed by atoms with Crippen molar-refractivity contribution in [1.82, 2.24) is 9.88 Å². The second-order valence-corrected chi connectivity index (χ2v) is 4.72. The molecular formula is C11H13N3O5. The predicted octanol–water partition coefficient (Wildman–Crippen LogP) is 0.528. The Morgan fingerprint density at radius 1 is 1.58 bits per heavy atom. The van der Waals surface area contributed by atoms with Gasteiger partial charge in [-0.05, 0) is 12.8 Å². The standard InChI is InChI=1S/C11H13N3O5/c1-13-5-7(14(18)19)4-8(13)9(15)12-6-11(2-3-11)10(16)17/h4-5H,2-3,6H2,1H3,(H,12,15)(H,16,17). The highest BCUT2D eigenvalue weighted by Crippen LogP contribution is 2.45. The number of hydrogen-bond donors (Lipinski definition) is 2. The Labute approximate surface area is 108 Å². The van der Waals surface area contributed by atoms with E-state index in [1.165, 1.54) is 17.8 Å². The second-order valence-electron chi connectivity index (χ2n) is 4.72. The zero-order valence-corrected chi connectivity index (χ0v) is 10.3. The molecule has 19 heavy (non-hydrogen) atoms. The summed E-state index contributed by atoms with van der Waals surface area (Å²) in [5.74, 6) is -1.44. The third kappa shape index (κ3) is 2.42. The monoisotopic (exact) mass is 267 g/mol. The molecule has 1 saturated carbocycles. The lowest BCUT2D eigenvalue weighted by Crippen LogP contribution is -2.34. The van der Waals surface area contributed by atoms with Crippen molar-refractivity contribution in [2.75, 3.05) is 6.54 Å². The Balaban J connectivity index is 2.04. The van der Waals surface area contributed by atoms with Crippen molar-refractivity contribution >= 4 is 17.6 Å². The van der Waals surface area contributed by atoms with Gasteiger partial charge in [-0.1, -0.05) is 0 Å². The highest BCUT2D eigenvalue weighted by molar-refractivity contribution is 5.94. The Kier molecular flexibility index (Phi) is 3.01. The van der Waals surface area contributed by atoms with Crippen LogP contribution in [0.5, 0.6) is 0 Å². The lowest BCUT2D eigenvalue weighted by molar-refractivity contribution is -0.384. The van der Waals surface area contributed by atoms with Crippen LogP contribution in [-0.4, -0.2) is 33.0 Å². The molecule has 1 aromatic heterocycles. The number of carbonyl (C=O) groups excluding carboxylic acids is 1. The van der Waals surface area contributed by atoms with Gasteiger partial charge in [-0.2, -0.15) is 0 Å². The Morgan fingerprint density at radius 2 is 2.21 bits per heavy atom. The molecule has 1 fully saturated rings. The molecule has 1 aliphatic carbocycles. The normalized spacial score (nSPS) is 15.8. The van der Waals surface area contributed by atoms with Gasteiger partial charge < -0.3 is 15.0 Å². The van der Waals surface area contributed by atoms with E-state index in [0.717, 1.165) is 6.07 Å². The minimum atomic E-state index is -0.925. The van der Waals surface area contributed by atoms with Crippen LogP contribution in [0.2, 0.25) is 0 Å². The summed E-state index contributed by atoms with van der Waals surface area (Å²) in [7, 11) is 1.52. The van der Waals surface area contributed by atoms with Crippen LogP contribution in [0, 0.1) is 15.5 Å². The van der Waals surface area contributed by atoms with Crippen LogP contribution in [0.3, 0.4) is 0 Å². The third-order valence-corrected chi connectivity index (χ3v) is 3.33. The van der Waals surface area contributed by atoms with Gasteiger partial charge in [0.2, 0.25) is 0 Å². The van der Waals surface area contributed by atoms with Crippen molar-refractivity contribution in [2.24, 2.45) is 12.5 Å². The molecule has 0 aromatic carbocycles. The minimum absolute atomic E-state index is 0.0418. The number of carboxylic acid groups (broad SMARTS) is 1. The number of carboxylic acids is 1. The predicted molar refractivity (Wildman–Crippen MR) is 63.7 cm³/mol. The van der Waals surface area contributed by atoms with Crippen LogP contribution in [0.1, 0.15) is 23.3 Å². The molecule has 0 bridgehead atoms. The third-order valence-electron chi connectivity index (χ3n) is 3.33. The maximum Gasteiger partial charge on any atom is 0.311 e. The lowest BCUT2D eigenvalue weighted by Gasteiger charge is -2.11. The number of nitrogens with one attached hydrogen (secondary N) is 1. The molecule has 102 valence electrons. The quantitative estimate of drug-likeness (QED) is 0.596. The number of nitro groups is 1. The molecule has 8 nitrogen and oxygen atoms in total. The van der Waals surface area contributed by atoms with Gasteiger partial charge >= 0.3 is 5.97 Å². The Bertz CT molecular complexity index is 559. The fourth-order valence-corrected chi connectivity index (χ4v) is 1.83. The van der Waals surface area contributed by atoms with Crippen molar-refractivity contribution in [1.29, 1.82) is 0 Å². The van der Waals surface area contributed by atoms with Crippen molar-refractivity contribution in [3.05, 3.63) is 28.1 Å². The van der Waals surface area contributed by atoms with Gasteiger partial charge in [0.1, 0.15) is 5.69 Å². The maximum absolute atomic E-state index is 11.9.